The number of hydrogen-bond donors (Lipinski definition) is 2. The van der Waals surface area contributed by atoms with E-state index in [4.69, 9.17) is 27.2 Å². The van der Waals surface area contributed by atoms with Crippen molar-refractivity contribution in [2.45, 2.75) is 13.0 Å². The molecule has 0 bridgehead atoms. The van der Waals surface area contributed by atoms with Crippen LogP contribution in [0.3, 0.4) is 0 Å². The maximum Gasteiger partial charge on any atom is 0.124 e. The summed E-state index contributed by atoms with van der Waals surface area (Å²) in [4.78, 5) is 0. The molecule has 0 saturated carbocycles. The van der Waals surface area contributed by atoms with Gasteiger partial charge in [-0.3, -0.25) is 0 Å². The molecule has 1 atom stereocenters. The molecular weight excluding hydrogens is 202 g/mol. The molecule has 4 heteroatoms. The van der Waals surface area contributed by atoms with Gasteiger partial charge in [0.1, 0.15) is 5.75 Å². The van der Waals surface area contributed by atoms with Crippen molar-refractivity contribution in [1.82, 2.24) is 0 Å². The topological polar surface area (TPSA) is 55.5 Å². The van der Waals surface area contributed by atoms with Crippen molar-refractivity contribution in [2.75, 3.05) is 13.2 Å². The molecule has 0 heterocycles. The lowest BCUT2D eigenvalue weighted by Gasteiger charge is -2.14. The second-order valence-corrected chi connectivity index (χ2v) is 3.34. The lowest BCUT2D eigenvalue weighted by Crippen LogP contribution is -2.15. The standard InChI is InChI=1S/C10H14ClNO2/c1-2-14-10-4-3-7(11)5-8(10)9(12)6-13/h3-5,9,13H,2,6,12H2,1H3/t9-/m0/s1. The van der Waals surface area contributed by atoms with Crippen LogP contribution in [-0.4, -0.2) is 18.3 Å². The number of aliphatic hydroxyl groups is 1. The van der Waals surface area contributed by atoms with Gasteiger partial charge in [-0.05, 0) is 25.1 Å². The average Bonchev–Trinajstić information content (AvgIpc) is 2.20. The zero-order valence-electron chi connectivity index (χ0n) is 8.03. The van der Waals surface area contributed by atoms with E-state index in [-0.39, 0.29) is 6.61 Å². The third-order valence-electron chi connectivity index (χ3n) is 1.87. The molecule has 78 valence electrons. The number of hydrogen-bond acceptors (Lipinski definition) is 3. The molecule has 1 aromatic rings. The SMILES string of the molecule is CCOc1ccc(Cl)cc1[C@@H](N)CO. The van der Waals surface area contributed by atoms with Crippen LogP contribution in [0.1, 0.15) is 18.5 Å². The van der Waals surface area contributed by atoms with Gasteiger partial charge in [0.25, 0.3) is 0 Å². The minimum atomic E-state index is -0.449. The molecule has 0 fully saturated rings. The van der Waals surface area contributed by atoms with Crippen LogP contribution in [0.25, 0.3) is 0 Å². The number of rotatable bonds is 4. The number of ether oxygens (including phenoxy) is 1. The number of halogens is 1. The van der Waals surface area contributed by atoms with E-state index < -0.39 is 6.04 Å². The smallest absolute Gasteiger partial charge is 0.124 e. The van der Waals surface area contributed by atoms with Crippen LogP contribution in [0.4, 0.5) is 0 Å². The lowest BCUT2D eigenvalue weighted by molar-refractivity contribution is 0.261. The van der Waals surface area contributed by atoms with E-state index in [1.165, 1.54) is 0 Å². The molecular formula is C10H14ClNO2. The van der Waals surface area contributed by atoms with Crippen molar-refractivity contribution in [2.24, 2.45) is 5.73 Å². The van der Waals surface area contributed by atoms with Gasteiger partial charge in [-0.1, -0.05) is 11.6 Å². The molecule has 0 saturated heterocycles. The van der Waals surface area contributed by atoms with Gasteiger partial charge < -0.3 is 15.6 Å². The summed E-state index contributed by atoms with van der Waals surface area (Å²) in [6.45, 7) is 2.33. The minimum Gasteiger partial charge on any atom is -0.494 e. The molecule has 14 heavy (non-hydrogen) atoms. The van der Waals surface area contributed by atoms with Crippen LogP contribution in [-0.2, 0) is 0 Å². The Morgan fingerprint density at radius 3 is 2.86 bits per heavy atom. The van der Waals surface area contributed by atoms with E-state index in [1.54, 1.807) is 18.2 Å². The van der Waals surface area contributed by atoms with Gasteiger partial charge in [0.2, 0.25) is 0 Å². The summed E-state index contributed by atoms with van der Waals surface area (Å²) >= 11 is 5.83. The highest BCUT2D eigenvalue weighted by Crippen LogP contribution is 2.27. The Kier molecular flexibility index (Phi) is 4.20. The molecule has 1 rings (SSSR count). The van der Waals surface area contributed by atoms with Crippen molar-refractivity contribution in [3.63, 3.8) is 0 Å². The summed E-state index contributed by atoms with van der Waals surface area (Å²) in [7, 11) is 0. The van der Waals surface area contributed by atoms with Gasteiger partial charge in [-0.25, -0.2) is 0 Å². The lowest BCUT2D eigenvalue weighted by atomic mass is 10.1. The predicted molar refractivity (Wildman–Crippen MR) is 56.6 cm³/mol. The van der Waals surface area contributed by atoms with Crippen molar-refractivity contribution >= 4 is 11.6 Å². The van der Waals surface area contributed by atoms with Gasteiger partial charge in [0.05, 0.1) is 19.3 Å². The first-order valence-corrected chi connectivity index (χ1v) is 4.85. The fourth-order valence-corrected chi connectivity index (χ4v) is 1.37. The Morgan fingerprint density at radius 2 is 2.29 bits per heavy atom. The molecule has 0 radical (unpaired) electrons. The van der Waals surface area contributed by atoms with Crippen LogP contribution in [0.5, 0.6) is 5.75 Å². The highest BCUT2D eigenvalue weighted by atomic mass is 35.5. The summed E-state index contributed by atoms with van der Waals surface area (Å²) in [5.41, 5.74) is 6.44. The van der Waals surface area contributed by atoms with E-state index in [9.17, 15) is 0 Å². The summed E-state index contributed by atoms with van der Waals surface area (Å²) in [6.07, 6.45) is 0. The Hall–Kier alpha value is -0.770. The van der Waals surface area contributed by atoms with Gasteiger partial charge in [0, 0.05) is 10.6 Å². The number of nitrogens with two attached hydrogens (primary N) is 1. The van der Waals surface area contributed by atoms with Crippen molar-refractivity contribution < 1.29 is 9.84 Å². The van der Waals surface area contributed by atoms with Crippen molar-refractivity contribution in [3.8, 4) is 5.75 Å². The molecule has 3 nitrogen and oxygen atoms in total. The third kappa shape index (κ3) is 2.61. The van der Waals surface area contributed by atoms with Gasteiger partial charge >= 0.3 is 0 Å². The molecule has 0 amide bonds. The Balaban J connectivity index is 3.02. The highest BCUT2D eigenvalue weighted by Gasteiger charge is 2.11. The highest BCUT2D eigenvalue weighted by molar-refractivity contribution is 6.30. The number of benzene rings is 1. The fourth-order valence-electron chi connectivity index (χ4n) is 1.19. The maximum absolute atomic E-state index is 8.95. The molecule has 1 aromatic carbocycles. The molecule has 3 N–H and O–H groups in total. The zero-order valence-corrected chi connectivity index (χ0v) is 8.79. The van der Waals surface area contributed by atoms with E-state index >= 15 is 0 Å². The normalized spacial score (nSPS) is 12.6. The molecule has 0 aliphatic heterocycles. The fraction of sp³-hybridized carbons (Fsp3) is 0.400. The molecule has 0 unspecified atom stereocenters. The summed E-state index contributed by atoms with van der Waals surface area (Å²) in [5, 5.41) is 9.54. The summed E-state index contributed by atoms with van der Waals surface area (Å²) < 4.78 is 5.37. The van der Waals surface area contributed by atoms with Crippen LogP contribution in [0, 0.1) is 0 Å². The largest absolute Gasteiger partial charge is 0.494 e. The summed E-state index contributed by atoms with van der Waals surface area (Å²) in [6, 6.07) is 4.76. The Morgan fingerprint density at radius 1 is 1.57 bits per heavy atom. The van der Waals surface area contributed by atoms with Gasteiger partial charge in [-0.2, -0.15) is 0 Å². The van der Waals surface area contributed by atoms with Crippen molar-refractivity contribution in [1.29, 1.82) is 0 Å². The second-order valence-electron chi connectivity index (χ2n) is 2.90. The van der Waals surface area contributed by atoms with Gasteiger partial charge in [0.15, 0.2) is 0 Å². The Bertz CT molecular complexity index is 304. The second kappa shape index (κ2) is 5.20. The van der Waals surface area contributed by atoms with E-state index in [0.29, 0.717) is 17.4 Å². The first kappa shape index (κ1) is 11.3. The van der Waals surface area contributed by atoms with Crippen molar-refractivity contribution in [3.05, 3.63) is 28.8 Å². The predicted octanol–water partition coefficient (Wildman–Crippen LogP) is 1.73. The van der Waals surface area contributed by atoms with Crippen LogP contribution < -0.4 is 10.5 Å². The summed E-state index contributed by atoms with van der Waals surface area (Å²) in [5.74, 6) is 0.679. The molecule has 0 aliphatic rings. The Labute approximate surface area is 88.4 Å². The number of aliphatic hydroxyl groups excluding tert-OH is 1. The van der Waals surface area contributed by atoms with Crippen LogP contribution in [0.15, 0.2) is 18.2 Å². The first-order valence-electron chi connectivity index (χ1n) is 4.47. The molecule has 0 aliphatic carbocycles. The molecule has 0 aromatic heterocycles. The third-order valence-corrected chi connectivity index (χ3v) is 2.10. The zero-order chi connectivity index (χ0) is 10.6. The quantitative estimate of drug-likeness (QED) is 0.805. The first-order chi connectivity index (χ1) is 6.69. The van der Waals surface area contributed by atoms with Crippen LogP contribution >= 0.6 is 11.6 Å². The minimum absolute atomic E-state index is 0.125. The monoisotopic (exact) mass is 215 g/mol. The van der Waals surface area contributed by atoms with Gasteiger partial charge in [-0.15, -0.1) is 0 Å². The van der Waals surface area contributed by atoms with E-state index in [1.807, 2.05) is 6.92 Å². The van der Waals surface area contributed by atoms with Crippen LogP contribution in [0.2, 0.25) is 5.02 Å². The van der Waals surface area contributed by atoms with E-state index in [2.05, 4.69) is 0 Å². The molecule has 0 spiro atoms. The average molecular weight is 216 g/mol. The maximum atomic E-state index is 8.95. The van der Waals surface area contributed by atoms with E-state index in [0.717, 1.165) is 5.56 Å².